The lowest BCUT2D eigenvalue weighted by Crippen LogP contribution is -2.33. The molecule has 2 heterocycles. The molecule has 2 rings (SSSR count). The maximum Gasteiger partial charge on any atom is 0.246 e. The van der Waals surface area contributed by atoms with Gasteiger partial charge in [-0.1, -0.05) is 0 Å². The number of nitrogens with zero attached hydrogens (tertiary/aromatic N) is 3. The molecule has 0 bridgehead atoms. The summed E-state index contributed by atoms with van der Waals surface area (Å²) in [7, 11) is -1.90. The largest absolute Gasteiger partial charge is 0.381 e. The van der Waals surface area contributed by atoms with E-state index in [0.717, 1.165) is 19.6 Å². The summed E-state index contributed by atoms with van der Waals surface area (Å²) in [5.74, 6) is 0.0497. The van der Waals surface area contributed by atoms with Gasteiger partial charge in [0.15, 0.2) is 5.82 Å². The Morgan fingerprint density at radius 3 is 2.53 bits per heavy atom. The number of nitrogen functional groups attached to an aromatic ring is 1. The standard InChI is InChI=1S/C11H21N5O2S/c1-9-10(11(12)14-15(9)2)19(17,18)13-5-8-16-6-3-4-7-16/h13H,3-8H2,1-2H3,(H2,12,14). The first-order valence-corrected chi connectivity index (χ1v) is 7.91. The molecule has 0 atom stereocenters. The fourth-order valence-corrected chi connectivity index (χ4v) is 3.70. The van der Waals surface area contributed by atoms with Crippen molar-refractivity contribution in [2.75, 3.05) is 31.9 Å². The molecule has 1 saturated heterocycles. The van der Waals surface area contributed by atoms with E-state index in [4.69, 9.17) is 5.73 Å². The van der Waals surface area contributed by atoms with E-state index in [1.807, 2.05) is 0 Å². The van der Waals surface area contributed by atoms with Gasteiger partial charge in [-0.2, -0.15) is 5.10 Å². The number of anilines is 1. The number of aryl methyl sites for hydroxylation is 1. The van der Waals surface area contributed by atoms with E-state index in [1.54, 1.807) is 14.0 Å². The number of hydrogen-bond donors (Lipinski definition) is 2. The molecule has 0 aliphatic carbocycles. The van der Waals surface area contributed by atoms with Crippen LogP contribution in [0.4, 0.5) is 5.82 Å². The lowest BCUT2D eigenvalue weighted by atomic mass is 10.4. The third kappa shape index (κ3) is 3.07. The number of likely N-dealkylation sites (tertiary alicyclic amines) is 1. The maximum absolute atomic E-state index is 12.2. The van der Waals surface area contributed by atoms with E-state index in [0.29, 0.717) is 12.2 Å². The molecule has 7 nitrogen and oxygen atoms in total. The van der Waals surface area contributed by atoms with E-state index in [9.17, 15) is 8.42 Å². The van der Waals surface area contributed by atoms with Crippen molar-refractivity contribution in [1.82, 2.24) is 19.4 Å². The second kappa shape index (κ2) is 5.48. The Balaban J connectivity index is 2.01. The minimum atomic E-state index is -3.58. The first kappa shape index (κ1) is 14.3. The molecule has 0 saturated carbocycles. The van der Waals surface area contributed by atoms with Crippen LogP contribution in [0.5, 0.6) is 0 Å². The van der Waals surface area contributed by atoms with E-state index in [-0.39, 0.29) is 10.7 Å². The number of aromatic nitrogens is 2. The van der Waals surface area contributed by atoms with Crippen molar-refractivity contribution < 1.29 is 8.42 Å². The summed E-state index contributed by atoms with van der Waals surface area (Å²) in [6.45, 7) is 4.93. The van der Waals surface area contributed by atoms with E-state index >= 15 is 0 Å². The monoisotopic (exact) mass is 287 g/mol. The van der Waals surface area contributed by atoms with Gasteiger partial charge in [0.25, 0.3) is 0 Å². The molecule has 0 amide bonds. The third-order valence-electron chi connectivity index (χ3n) is 3.49. The van der Waals surface area contributed by atoms with Gasteiger partial charge in [-0.3, -0.25) is 4.68 Å². The zero-order valence-corrected chi connectivity index (χ0v) is 12.2. The van der Waals surface area contributed by atoms with Crippen LogP contribution >= 0.6 is 0 Å². The average molecular weight is 287 g/mol. The van der Waals surface area contributed by atoms with Gasteiger partial charge < -0.3 is 10.6 Å². The van der Waals surface area contributed by atoms with Gasteiger partial charge in [-0.15, -0.1) is 0 Å². The molecule has 0 spiro atoms. The topological polar surface area (TPSA) is 93.2 Å². The van der Waals surface area contributed by atoms with Gasteiger partial charge in [-0.05, 0) is 32.9 Å². The van der Waals surface area contributed by atoms with Crippen molar-refractivity contribution in [3.8, 4) is 0 Å². The predicted octanol–water partition coefficient (Wildman–Crippen LogP) is -0.315. The molecule has 19 heavy (non-hydrogen) atoms. The molecule has 3 N–H and O–H groups in total. The van der Waals surface area contributed by atoms with Crippen molar-refractivity contribution in [3.05, 3.63) is 5.69 Å². The maximum atomic E-state index is 12.2. The summed E-state index contributed by atoms with van der Waals surface area (Å²) >= 11 is 0. The zero-order chi connectivity index (χ0) is 14.0. The summed E-state index contributed by atoms with van der Waals surface area (Å²) in [6, 6.07) is 0. The van der Waals surface area contributed by atoms with Gasteiger partial charge in [0.2, 0.25) is 10.0 Å². The van der Waals surface area contributed by atoms with Gasteiger partial charge >= 0.3 is 0 Å². The van der Waals surface area contributed by atoms with Crippen LogP contribution in [0.15, 0.2) is 4.90 Å². The molecule has 1 fully saturated rings. The van der Waals surface area contributed by atoms with Crippen LogP contribution < -0.4 is 10.5 Å². The second-order valence-corrected chi connectivity index (χ2v) is 6.57. The number of sulfonamides is 1. The zero-order valence-electron chi connectivity index (χ0n) is 11.4. The Kier molecular flexibility index (Phi) is 4.12. The number of nitrogens with two attached hydrogens (primary N) is 1. The van der Waals surface area contributed by atoms with Crippen molar-refractivity contribution in [2.24, 2.45) is 7.05 Å². The van der Waals surface area contributed by atoms with E-state index < -0.39 is 10.0 Å². The van der Waals surface area contributed by atoms with E-state index in [2.05, 4.69) is 14.7 Å². The number of hydrogen-bond acceptors (Lipinski definition) is 5. The molecule has 1 aliphatic rings. The summed E-state index contributed by atoms with van der Waals surface area (Å²) in [6.07, 6.45) is 2.39. The van der Waals surface area contributed by atoms with Gasteiger partial charge in [-0.25, -0.2) is 13.1 Å². The molecular weight excluding hydrogens is 266 g/mol. The highest BCUT2D eigenvalue weighted by Crippen LogP contribution is 2.20. The van der Waals surface area contributed by atoms with Gasteiger partial charge in [0.05, 0.1) is 5.69 Å². The lowest BCUT2D eigenvalue weighted by Gasteiger charge is -2.14. The molecular formula is C11H21N5O2S. The SMILES string of the molecule is Cc1c(S(=O)(=O)NCCN2CCCC2)c(N)nn1C. The smallest absolute Gasteiger partial charge is 0.246 e. The highest BCUT2D eigenvalue weighted by molar-refractivity contribution is 7.89. The first-order valence-electron chi connectivity index (χ1n) is 6.43. The Bertz CT molecular complexity index is 546. The normalized spacial score (nSPS) is 17.2. The van der Waals surface area contributed by atoms with Gasteiger partial charge in [0.1, 0.15) is 4.90 Å². The molecule has 1 aromatic rings. The predicted molar refractivity (Wildman–Crippen MR) is 73.2 cm³/mol. The van der Waals surface area contributed by atoms with E-state index in [1.165, 1.54) is 17.5 Å². The summed E-state index contributed by atoms with van der Waals surface area (Å²) in [4.78, 5) is 2.35. The summed E-state index contributed by atoms with van der Waals surface area (Å²) in [5.41, 5.74) is 6.21. The van der Waals surface area contributed by atoms with Gasteiger partial charge in [0, 0.05) is 20.1 Å². The van der Waals surface area contributed by atoms with Crippen LogP contribution in [0.1, 0.15) is 18.5 Å². The van der Waals surface area contributed by atoms with Crippen molar-refractivity contribution in [1.29, 1.82) is 0 Å². The molecule has 8 heteroatoms. The minimum Gasteiger partial charge on any atom is -0.381 e. The van der Waals surface area contributed by atoms with Crippen LogP contribution in [0.2, 0.25) is 0 Å². The first-order chi connectivity index (χ1) is 8.92. The Morgan fingerprint density at radius 1 is 1.37 bits per heavy atom. The number of nitrogens with one attached hydrogen (secondary N) is 1. The van der Waals surface area contributed by atoms with Crippen LogP contribution in [0, 0.1) is 6.92 Å². The molecule has 0 unspecified atom stereocenters. The second-order valence-electron chi connectivity index (χ2n) is 4.87. The fraction of sp³-hybridized carbons (Fsp3) is 0.727. The minimum absolute atomic E-state index is 0.0497. The Hall–Kier alpha value is -1.12. The van der Waals surface area contributed by atoms with Crippen LogP contribution in [-0.4, -0.2) is 49.3 Å². The molecule has 0 aromatic carbocycles. The molecule has 0 radical (unpaired) electrons. The molecule has 1 aliphatic heterocycles. The Labute approximate surface area is 113 Å². The van der Waals surface area contributed by atoms with Crippen molar-refractivity contribution in [2.45, 2.75) is 24.7 Å². The molecule has 108 valence electrons. The van der Waals surface area contributed by atoms with Crippen LogP contribution in [0.25, 0.3) is 0 Å². The van der Waals surface area contributed by atoms with Crippen LogP contribution in [0.3, 0.4) is 0 Å². The quantitative estimate of drug-likeness (QED) is 0.774. The highest BCUT2D eigenvalue weighted by Gasteiger charge is 2.24. The molecule has 1 aromatic heterocycles. The summed E-state index contributed by atoms with van der Waals surface area (Å²) in [5, 5.41) is 3.93. The highest BCUT2D eigenvalue weighted by atomic mass is 32.2. The van der Waals surface area contributed by atoms with Crippen molar-refractivity contribution in [3.63, 3.8) is 0 Å². The Morgan fingerprint density at radius 2 is 2.00 bits per heavy atom. The van der Waals surface area contributed by atoms with Crippen LogP contribution in [-0.2, 0) is 17.1 Å². The third-order valence-corrected chi connectivity index (χ3v) is 5.12. The number of rotatable bonds is 5. The average Bonchev–Trinajstić information content (AvgIpc) is 2.88. The summed E-state index contributed by atoms with van der Waals surface area (Å²) < 4.78 is 28.5. The van der Waals surface area contributed by atoms with Crippen molar-refractivity contribution >= 4 is 15.8 Å². The fourth-order valence-electron chi connectivity index (χ4n) is 2.36. The lowest BCUT2D eigenvalue weighted by molar-refractivity contribution is 0.344.